The maximum Gasteiger partial charge on any atom is 0 e. The first kappa shape index (κ1) is 17.2. The first-order valence-electron chi connectivity index (χ1n) is 7.39. The zero-order valence-corrected chi connectivity index (χ0v) is 16.2. The molecule has 0 saturated carbocycles. The summed E-state index contributed by atoms with van der Waals surface area (Å²) in [5.74, 6) is 1.20. The molecule has 1 nitrogen and oxygen atoms in total. The van der Waals surface area contributed by atoms with Gasteiger partial charge in [0.15, 0.2) is 0 Å². The van der Waals surface area contributed by atoms with Crippen LogP contribution in [0.3, 0.4) is 0 Å². The standard InChI is InChI=1S/C17H27N.Y/c1-12(2)11-18(7)15-8-9-16(13(3)4)17(10-15)14(5)6;/h8-9,11-14H,1-7H3;/q-2;/i11D;. The molecule has 0 fully saturated rings. The van der Waals surface area contributed by atoms with E-state index in [9.17, 15) is 0 Å². The Bertz CT molecular complexity index is 415. The van der Waals surface area contributed by atoms with Crippen molar-refractivity contribution >= 4 is 5.69 Å². The van der Waals surface area contributed by atoms with Gasteiger partial charge in [-0.3, -0.25) is 0 Å². The van der Waals surface area contributed by atoms with Gasteiger partial charge in [-0.2, -0.15) is 31.1 Å². The van der Waals surface area contributed by atoms with E-state index < -0.39 is 0 Å². The van der Waals surface area contributed by atoms with E-state index in [2.05, 4.69) is 45.9 Å². The van der Waals surface area contributed by atoms with Crippen molar-refractivity contribution in [1.29, 1.82) is 0 Å². The number of hydrogen-bond donors (Lipinski definition) is 0. The predicted molar refractivity (Wildman–Crippen MR) is 81.0 cm³/mol. The first-order valence-corrected chi connectivity index (χ1v) is 6.89. The van der Waals surface area contributed by atoms with Crippen molar-refractivity contribution in [3.63, 3.8) is 0 Å². The van der Waals surface area contributed by atoms with Crippen molar-refractivity contribution in [2.45, 2.75) is 53.4 Å². The molecule has 0 unspecified atom stereocenters. The summed E-state index contributed by atoms with van der Waals surface area (Å²) in [5.41, 5.74) is 3.63. The second kappa shape index (κ2) is 8.42. The molecule has 0 heterocycles. The Balaban J connectivity index is 0.00000361. The number of rotatable bonds is 5. The summed E-state index contributed by atoms with van der Waals surface area (Å²) in [5, 5.41) is 0. The van der Waals surface area contributed by atoms with E-state index in [4.69, 9.17) is 1.37 Å². The molecule has 0 spiro atoms. The van der Waals surface area contributed by atoms with Crippen LogP contribution in [-0.2, 0) is 32.7 Å². The molecule has 0 aliphatic carbocycles. The fraction of sp³-hybridized carbons (Fsp3) is 0.588. The van der Waals surface area contributed by atoms with E-state index >= 15 is 0 Å². The molecule has 1 aromatic carbocycles. The van der Waals surface area contributed by atoms with Crippen LogP contribution in [0.2, 0.25) is 0 Å². The number of hydrogen-bond acceptors (Lipinski definition) is 1. The molecule has 0 bridgehead atoms. The summed E-state index contributed by atoms with van der Waals surface area (Å²) in [6, 6.07) is 7.79. The Morgan fingerprint density at radius 3 is 2.11 bits per heavy atom. The van der Waals surface area contributed by atoms with E-state index in [1.807, 2.05) is 25.8 Å². The van der Waals surface area contributed by atoms with Crippen molar-refractivity contribution in [2.24, 2.45) is 5.92 Å². The van der Waals surface area contributed by atoms with Crippen LogP contribution in [0, 0.1) is 18.5 Å². The van der Waals surface area contributed by atoms with Gasteiger partial charge in [-0.15, -0.1) is 11.3 Å². The van der Waals surface area contributed by atoms with Gasteiger partial charge in [-0.25, -0.2) is 6.52 Å². The largest absolute Gasteiger partial charge is 0.545 e. The van der Waals surface area contributed by atoms with E-state index in [1.54, 1.807) is 0 Å². The van der Waals surface area contributed by atoms with Crippen molar-refractivity contribution < 1.29 is 34.1 Å². The van der Waals surface area contributed by atoms with Crippen LogP contribution < -0.4 is 4.90 Å². The minimum absolute atomic E-state index is 0. The van der Waals surface area contributed by atoms with Crippen LogP contribution in [0.4, 0.5) is 5.69 Å². The zero-order valence-electron chi connectivity index (χ0n) is 14.4. The summed E-state index contributed by atoms with van der Waals surface area (Å²) < 4.78 is 8.11. The summed E-state index contributed by atoms with van der Waals surface area (Å²) in [7, 11) is 1.95. The Hall–Kier alpha value is 0.124. The van der Waals surface area contributed by atoms with E-state index in [0.29, 0.717) is 18.4 Å². The third-order valence-electron chi connectivity index (χ3n) is 3.01. The molecule has 1 aromatic rings. The Labute approximate surface area is 146 Å². The third kappa shape index (κ3) is 5.56. The van der Waals surface area contributed by atoms with Crippen LogP contribution in [0.15, 0.2) is 12.1 Å². The molecule has 1 radical (unpaired) electrons. The second-order valence-electron chi connectivity index (χ2n) is 5.86. The SMILES string of the molecule is [2H][C-](C(C)C)N(C)c1[c-]c(C(C)C)c(C(C)C)cc1.[Y]. The van der Waals surface area contributed by atoms with Gasteiger partial charge in [0, 0.05) is 32.7 Å². The molecule has 1 rings (SSSR count). The molecule has 0 atom stereocenters. The minimum atomic E-state index is 0. The first-order chi connectivity index (χ1) is 8.75. The van der Waals surface area contributed by atoms with Gasteiger partial charge in [-0.05, 0) is 13.0 Å². The smallest absolute Gasteiger partial charge is 0 e. The maximum absolute atomic E-state index is 8.11. The van der Waals surface area contributed by atoms with E-state index in [1.165, 1.54) is 11.1 Å². The molecule has 0 aliphatic heterocycles. The Morgan fingerprint density at radius 1 is 1.11 bits per heavy atom. The monoisotopic (exact) mass is 335 g/mol. The van der Waals surface area contributed by atoms with Crippen molar-refractivity contribution in [3.05, 3.63) is 35.8 Å². The molecule has 0 N–H and O–H groups in total. The fourth-order valence-corrected chi connectivity index (χ4v) is 2.14. The van der Waals surface area contributed by atoms with Crippen LogP contribution in [0.5, 0.6) is 0 Å². The molecule has 2 heteroatoms. The topological polar surface area (TPSA) is 3.24 Å². The fourth-order valence-electron chi connectivity index (χ4n) is 2.14. The average Bonchev–Trinajstić information content (AvgIpc) is 2.35. The van der Waals surface area contributed by atoms with Crippen molar-refractivity contribution in [2.75, 3.05) is 11.9 Å². The predicted octanol–water partition coefficient (Wildman–Crippen LogP) is 4.99. The molecule has 0 aliphatic rings. The van der Waals surface area contributed by atoms with Crippen LogP contribution >= 0.6 is 0 Å². The van der Waals surface area contributed by atoms with E-state index in [-0.39, 0.29) is 38.6 Å². The Kier molecular flexibility index (Phi) is 7.61. The second-order valence-corrected chi connectivity index (χ2v) is 5.86. The molecular formula is C17H27NY-2. The number of anilines is 1. The summed E-state index contributed by atoms with van der Waals surface area (Å²) >= 11 is 0. The molecule has 0 aromatic heterocycles. The van der Waals surface area contributed by atoms with Gasteiger partial charge in [0.25, 0.3) is 0 Å². The van der Waals surface area contributed by atoms with Gasteiger partial charge in [-0.1, -0.05) is 47.5 Å². The van der Waals surface area contributed by atoms with Gasteiger partial charge < -0.3 is 4.90 Å². The van der Waals surface area contributed by atoms with Crippen LogP contribution in [0.1, 0.15) is 65.9 Å². The van der Waals surface area contributed by atoms with Gasteiger partial charge >= 0.3 is 0 Å². The summed E-state index contributed by atoms with van der Waals surface area (Å²) in [6.07, 6.45) is 0. The van der Waals surface area contributed by atoms with Crippen LogP contribution in [0.25, 0.3) is 0 Å². The zero-order chi connectivity index (χ0) is 14.7. The molecule has 0 saturated heterocycles. The van der Waals surface area contributed by atoms with Gasteiger partial charge in [0.1, 0.15) is 0 Å². The molecule has 105 valence electrons. The molecular weight excluding hydrogens is 307 g/mol. The van der Waals surface area contributed by atoms with Gasteiger partial charge in [0.2, 0.25) is 0 Å². The molecule has 19 heavy (non-hydrogen) atoms. The number of benzene rings is 1. The average molecular weight is 335 g/mol. The van der Waals surface area contributed by atoms with E-state index in [0.717, 1.165) is 5.69 Å². The maximum atomic E-state index is 8.11. The number of nitrogens with zero attached hydrogens (tertiary/aromatic N) is 1. The van der Waals surface area contributed by atoms with Crippen molar-refractivity contribution in [3.8, 4) is 0 Å². The minimum Gasteiger partial charge on any atom is -0.545 e. The third-order valence-corrected chi connectivity index (χ3v) is 3.01. The Morgan fingerprint density at radius 2 is 1.68 bits per heavy atom. The van der Waals surface area contributed by atoms with Crippen LogP contribution in [-0.4, -0.2) is 7.05 Å². The van der Waals surface area contributed by atoms with Crippen molar-refractivity contribution in [1.82, 2.24) is 0 Å². The summed E-state index contributed by atoms with van der Waals surface area (Å²) in [4.78, 5) is 1.93. The summed E-state index contributed by atoms with van der Waals surface area (Å²) in [6.45, 7) is 13.6. The normalized spacial score (nSPS) is 12.1. The van der Waals surface area contributed by atoms with Gasteiger partial charge in [0.05, 0.1) is 0 Å². The quantitative estimate of drug-likeness (QED) is 0.686. The molecule has 0 amide bonds.